The number of pyridine rings is 2. The highest BCUT2D eigenvalue weighted by Crippen LogP contribution is 2.32. The Hall–Kier alpha value is -3.56. The van der Waals surface area contributed by atoms with Crippen LogP contribution in [0.2, 0.25) is 0 Å². The van der Waals surface area contributed by atoms with Crippen molar-refractivity contribution in [3.05, 3.63) is 103 Å². The van der Waals surface area contributed by atoms with Crippen LogP contribution in [0.1, 0.15) is 11.1 Å². The van der Waals surface area contributed by atoms with Gasteiger partial charge in [0.1, 0.15) is 0 Å². The van der Waals surface area contributed by atoms with Crippen LogP contribution in [0, 0.1) is 0 Å². The summed E-state index contributed by atoms with van der Waals surface area (Å²) in [6, 6.07) is 17.7. The van der Waals surface area contributed by atoms with Gasteiger partial charge in [-0.2, -0.15) is 13.2 Å². The van der Waals surface area contributed by atoms with E-state index in [1.807, 2.05) is 6.07 Å². The molecular weight excluding hydrogens is 451 g/mol. The van der Waals surface area contributed by atoms with E-state index in [0.29, 0.717) is 22.4 Å². The molecule has 4 rings (SSSR count). The minimum Gasteiger partial charge on any atom is -0.264 e. The molecule has 0 aliphatic carbocycles. The lowest BCUT2D eigenvalue weighted by molar-refractivity contribution is -0.137. The van der Waals surface area contributed by atoms with Gasteiger partial charge in [0.05, 0.1) is 16.2 Å². The SMILES string of the molecule is O=S(=O)(NCc1cccnc1-c1cccnc1)c1ccc(-c2cccc(C(F)(F)F)c2)cc1. The van der Waals surface area contributed by atoms with E-state index in [1.54, 1.807) is 42.9 Å². The number of nitrogens with zero attached hydrogens (tertiary/aromatic N) is 2. The Morgan fingerprint density at radius 1 is 0.818 bits per heavy atom. The molecule has 0 radical (unpaired) electrons. The van der Waals surface area contributed by atoms with Crippen LogP contribution < -0.4 is 4.72 Å². The molecule has 0 fully saturated rings. The Morgan fingerprint density at radius 2 is 1.55 bits per heavy atom. The first-order valence-corrected chi connectivity index (χ1v) is 11.3. The van der Waals surface area contributed by atoms with Crippen molar-refractivity contribution in [2.75, 3.05) is 0 Å². The smallest absolute Gasteiger partial charge is 0.264 e. The van der Waals surface area contributed by atoms with E-state index in [1.165, 1.54) is 30.3 Å². The van der Waals surface area contributed by atoms with Crippen LogP contribution in [-0.4, -0.2) is 18.4 Å². The van der Waals surface area contributed by atoms with Crippen LogP contribution >= 0.6 is 0 Å². The van der Waals surface area contributed by atoms with Crippen LogP contribution in [0.15, 0.2) is 96.3 Å². The number of aromatic nitrogens is 2. The van der Waals surface area contributed by atoms with Crippen molar-refractivity contribution in [2.24, 2.45) is 0 Å². The lowest BCUT2D eigenvalue weighted by Gasteiger charge is -2.11. The molecule has 0 atom stereocenters. The van der Waals surface area contributed by atoms with Gasteiger partial charge in [-0.1, -0.05) is 30.3 Å². The Labute approximate surface area is 189 Å². The summed E-state index contributed by atoms with van der Waals surface area (Å²) in [6.07, 6.45) is 0.446. The Kier molecular flexibility index (Phi) is 6.26. The lowest BCUT2D eigenvalue weighted by Crippen LogP contribution is -2.23. The molecule has 0 saturated heterocycles. The molecule has 2 aromatic carbocycles. The van der Waals surface area contributed by atoms with Crippen molar-refractivity contribution >= 4 is 10.0 Å². The van der Waals surface area contributed by atoms with Crippen molar-refractivity contribution in [1.82, 2.24) is 14.7 Å². The molecule has 9 heteroatoms. The van der Waals surface area contributed by atoms with Gasteiger partial charge in [-0.15, -0.1) is 0 Å². The normalized spacial score (nSPS) is 12.0. The first-order chi connectivity index (χ1) is 15.7. The van der Waals surface area contributed by atoms with Gasteiger partial charge in [-0.25, -0.2) is 13.1 Å². The van der Waals surface area contributed by atoms with E-state index in [9.17, 15) is 21.6 Å². The van der Waals surface area contributed by atoms with Gasteiger partial charge in [0.15, 0.2) is 0 Å². The van der Waals surface area contributed by atoms with Crippen LogP contribution in [0.4, 0.5) is 13.2 Å². The van der Waals surface area contributed by atoms with E-state index >= 15 is 0 Å². The lowest BCUT2D eigenvalue weighted by atomic mass is 10.0. The topological polar surface area (TPSA) is 72.0 Å². The Morgan fingerprint density at radius 3 is 2.24 bits per heavy atom. The fourth-order valence-electron chi connectivity index (χ4n) is 3.30. The molecule has 0 unspecified atom stereocenters. The maximum Gasteiger partial charge on any atom is 0.416 e. The van der Waals surface area contributed by atoms with E-state index in [0.717, 1.165) is 17.7 Å². The second-order valence-electron chi connectivity index (χ2n) is 7.18. The average Bonchev–Trinajstić information content (AvgIpc) is 2.83. The van der Waals surface area contributed by atoms with Gasteiger partial charge in [0.2, 0.25) is 10.0 Å². The summed E-state index contributed by atoms with van der Waals surface area (Å²) in [4.78, 5) is 8.41. The molecular formula is C24H18F3N3O2S. The van der Waals surface area contributed by atoms with E-state index < -0.39 is 21.8 Å². The molecule has 0 bridgehead atoms. The van der Waals surface area contributed by atoms with Crippen LogP contribution in [0.5, 0.6) is 0 Å². The van der Waals surface area contributed by atoms with Crippen LogP contribution in [0.3, 0.4) is 0 Å². The second-order valence-corrected chi connectivity index (χ2v) is 8.95. The average molecular weight is 469 g/mol. The summed E-state index contributed by atoms with van der Waals surface area (Å²) in [5.41, 5.74) is 2.12. The molecule has 33 heavy (non-hydrogen) atoms. The summed E-state index contributed by atoms with van der Waals surface area (Å²) in [6.45, 7) is 0.00970. The molecule has 168 valence electrons. The molecule has 0 aliphatic rings. The Balaban J connectivity index is 1.53. The molecule has 2 aromatic heterocycles. The summed E-state index contributed by atoms with van der Waals surface area (Å²) in [7, 11) is -3.86. The van der Waals surface area contributed by atoms with Gasteiger partial charge in [-0.3, -0.25) is 9.97 Å². The first kappa shape index (κ1) is 22.6. The molecule has 2 heterocycles. The minimum absolute atomic E-state index is 0.00467. The predicted octanol–water partition coefficient (Wildman–Crippen LogP) is 5.31. The van der Waals surface area contributed by atoms with Crippen molar-refractivity contribution in [2.45, 2.75) is 17.6 Å². The Bertz CT molecular complexity index is 1360. The zero-order valence-corrected chi connectivity index (χ0v) is 17.9. The molecule has 0 spiro atoms. The zero-order chi connectivity index (χ0) is 23.5. The third-order valence-corrected chi connectivity index (χ3v) is 6.38. The molecule has 0 aliphatic heterocycles. The van der Waals surface area contributed by atoms with Crippen molar-refractivity contribution in [1.29, 1.82) is 0 Å². The monoisotopic (exact) mass is 469 g/mol. The number of halogens is 3. The largest absolute Gasteiger partial charge is 0.416 e. The fourth-order valence-corrected chi connectivity index (χ4v) is 4.31. The van der Waals surface area contributed by atoms with Gasteiger partial charge in [0, 0.05) is 30.7 Å². The predicted molar refractivity (Wildman–Crippen MR) is 118 cm³/mol. The summed E-state index contributed by atoms with van der Waals surface area (Å²) >= 11 is 0. The van der Waals surface area contributed by atoms with Crippen LogP contribution in [-0.2, 0) is 22.7 Å². The number of hydrogen-bond donors (Lipinski definition) is 1. The standard InChI is InChI=1S/C24H18F3N3O2S/c25-24(26,27)21-7-1-4-18(14-21)17-8-10-22(11-9-17)33(31,32)30-16-20-6-3-13-29-23(20)19-5-2-12-28-15-19/h1-15,30H,16H2. The highest BCUT2D eigenvalue weighted by molar-refractivity contribution is 7.89. The maximum absolute atomic E-state index is 13.0. The zero-order valence-electron chi connectivity index (χ0n) is 17.1. The fraction of sp³-hybridized carbons (Fsp3) is 0.0833. The first-order valence-electron chi connectivity index (χ1n) is 9.86. The number of benzene rings is 2. The van der Waals surface area contributed by atoms with Gasteiger partial charge < -0.3 is 0 Å². The summed E-state index contributed by atoms with van der Waals surface area (Å²) in [5.74, 6) is 0. The number of rotatable bonds is 6. The van der Waals surface area contributed by atoms with E-state index in [4.69, 9.17) is 0 Å². The van der Waals surface area contributed by atoms with Gasteiger partial charge in [0.25, 0.3) is 0 Å². The molecule has 0 amide bonds. The van der Waals surface area contributed by atoms with E-state index in [2.05, 4.69) is 14.7 Å². The third kappa shape index (κ3) is 5.27. The number of alkyl halides is 3. The number of sulfonamides is 1. The molecule has 4 aromatic rings. The van der Waals surface area contributed by atoms with Crippen molar-refractivity contribution in [3.63, 3.8) is 0 Å². The van der Waals surface area contributed by atoms with Crippen molar-refractivity contribution < 1.29 is 21.6 Å². The van der Waals surface area contributed by atoms with Gasteiger partial charge in [-0.05, 0) is 59.2 Å². The minimum atomic E-state index is -4.45. The van der Waals surface area contributed by atoms with Crippen molar-refractivity contribution in [3.8, 4) is 22.4 Å². The quantitative estimate of drug-likeness (QED) is 0.416. The summed E-state index contributed by atoms with van der Waals surface area (Å²) < 4.78 is 67.1. The number of hydrogen-bond acceptors (Lipinski definition) is 4. The highest BCUT2D eigenvalue weighted by Gasteiger charge is 2.30. The molecule has 5 nitrogen and oxygen atoms in total. The third-order valence-electron chi connectivity index (χ3n) is 4.97. The second kappa shape index (κ2) is 9.13. The van der Waals surface area contributed by atoms with Gasteiger partial charge >= 0.3 is 6.18 Å². The maximum atomic E-state index is 13.0. The van der Waals surface area contributed by atoms with E-state index in [-0.39, 0.29) is 11.4 Å². The van der Waals surface area contributed by atoms with Crippen LogP contribution in [0.25, 0.3) is 22.4 Å². The summed E-state index contributed by atoms with van der Waals surface area (Å²) in [5, 5.41) is 0. The highest BCUT2D eigenvalue weighted by atomic mass is 32.2. The molecule has 1 N–H and O–H groups in total. The number of nitrogens with one attached hydrogen (secondary N) is 1. The molecule has 0 saturated carbocycles.